The lowest BCUT2D eigenvalue weighted by molar-refractivity contribution is -0.330. The van der Waals surface area contributed by atoms with E-state index in [1.54, 1.807) is 6.20 Å². The second kappa shape index (κ2) is 9.99. The van der Waals surface area contributed by atoms with Crippen LogP contribution in [0.3, 0.4) is 0 Å². The van der Waals surface area contributed by atoms with Crippen LogP contribution in [-0.2, 0) is 11.3 Å². The summed E-state index contributed by atoms with van der Waals surface area (Å²) in [5, 5.41) is 0. The van der Waals surface area contributed by atoms with Gasteiger partial charge in [-0.1, -0.05) is 12.1 Å². The molecule has 0 spiro atoms. The molecule has 10 heteroatoms. The highest BCUT2D eigenvalue weighted by molar-refractivity contribution is 5.55. The Morgan fingerprint density at radius 1 is 0.972 bits per heavy atom. The van der Waals surface area contributed by atoms with Gasteiger partial charge in [0.05, 0.1) is 35.8 Å². The summed E-state index contributed by atoms with van der Waals surface area (Å²) in [7, 11) is 4.11. The molecule has 5 heterocycles. The Kier molecular flexibility index (Phi) is 6.93. The molecule has 0 unspecified atom stereocenters. The predicted molar refractivity (Wildman–Crippen MR) is 132 cm³/mol. The lowest BCUT2D eigenvalue weighted by Gasteiger charge is -2.39. The van der Waals surface area contributed by atoms with Crippen LogP contribution in [0.5, 0.6) is 0 Å². The molecule has 2 atom stereocenters. The standard InChI is InChI=1S/C26H33F3N6O/c1-18-7-6-12-30-24(18)19-8-4-9-20(33(19)3)25-21(17-36-26(27,28)29)35-22(31-25)10-5-11-23(35)34-15-13-32(2)14-16-34/h5-7,10-12,19-20H,4,8-9,13-17H2,1-3H3/t19-,20+/m0/s1. The number of hydrogen-bond donors (Lipinski definition) is 0. The summed E-state index contributed by atoms with van der Waals surface area (Å²) in [5.41, 5.74) is 3.89. The largest absolute Gasteiger partial charge is 0.522 e. The van der Waals surface area contributed by atoms with Crippen molar-refractivity contribution in [3.05, 3.63) is 59.2 Å². The molecular formula is C26H33F3N6O. The minimum absolute atomic E-state index is 0.0725. The van der Waals surface area contributed by atoms with E-state index in [-0.39, 0.29) is 12.1 Å². The highest BCUT2D eigenvalue weighted by Gasteiger charge is 2.37. The van der Waals surface area contributed by atoms with Crippen LogP contribution in [0.1, 0.15) is 54.0 Å². The van der Waals surface area contributed by atoms with Crippen molar-refractivity contribution in [1.82, 2.24) is 24.2 Å². The Morgan fingerprint density at radius 2 is 1.69 bits per heavy atom. The van der Waals surface area contributed by atoms with E-state index in [0.717, 1.165) is 62.5 Å². The number of alkyl halides is 3. The number of halogens is 3. The smallest absolute Gasteiger partial charge is 0.355 e. The highest BCUT2D eigenvalue weighted by atomic mass is 19.4. The van der Waals surface area contributed by atoms with Gasteiger partial charge in [0.15, 0.2) is 0 Å². The molecule has 0 saturated carbocycles. The number of aromatic nitrogens is 3. The summed E-state index contributed by atoms with van der Waals surface area (Å²) in [6.45, 7) is 4.85. The van der Waals surface area contributed by atoms with Gasteiger partial charge in [0, 0.05) is 32.4 Å². The summed E-state index contributed by atoms with van der Waals surface area (Å²) in [5.74, 6) is 0.857. The zero-order valence-electron chi connectivity index (χ0n) is 21.0. The van der Waals surface area contributed by atoms with Crippen LogP contribution in [0.25, 0.3) is 5.65 Å². The summed E-state index contributed by atoms with van der Waals surface area (Å²) in [6, 6.07) is 9.66. The number of likely N-dealkylation sites (N-methyl/N-ethyl adjacent to an activating group) is 1. The first-order valence-corrected chi connectivity index (χ1v) is 12.5. The Labute approximate surface area is 209 Å². The third-order valence-electron chi connectivity index (χ3n) is 7.57. The molecule has 2 aliphatic rings. The van der Waals surface area contributed by atoms with E-state index in [1.807, 2.05) is 35.7 Å². The van der Waals surface area contributed by atoms with Gasteiger partial charge in [0.1, 0.15) is 11.5 Å². The first-order valence-electron chi connectivity index (χ1n) is 12.5. The molecule has 3 aromatic rings. The zero-order valence-corrected chi connectivity index (χ0v) is 21.0. The van der Waals surface area contributed by atoms with Crippen molar-refractivity contribution in [3.8, 4) is 0 Å². The summed E-state index contributed by atoms with van der Waals surface area (Å²) in [4.78, 5) is 16.3. The van der Waals surface area contributed by atoms with Crippen molar-refractivity contribution < 1.29 is 17.9 Å². The van der Waals surface area contributed by atoms with Gasteiger partial charge in [-0.15, -0.1) is 13.2 Å². The second-order valence-corrected chi connectivity index (χ2v) is 9.88. The van der Waals surface area contributed by atoms with Crippen molar-refractivity contribution in [1.29, 1.82) is 0 Å². The Balaban J connectivity index is 1.58. The molecular weight excluding hydrogens is 469 g/mol. The fourth-order valence-corrected chi connectivity index (χ4v) is 5.63. The van der Waals surface area contributed by atoms with Crippen LogP contribution >= 0.6 is 0 Å². The van der Waals surface area contributed by atoms with Crippen LogP contribution in [0, 0.1) is 6.92 Å². The molecule has 0 aliphatic carbocycles. The number of pyridine rings is 2. The predicted octanol–water partition coefficient (Wildman–Crippen LogP) is 4.72. The van der Waals surface area contributed by atoms with E-state index < -0.39 is 13.0 Å². The second-order valence-electron chi connectivity index (χ2n) is 9.88. The first kappa shape index (κ1) is 25.0. The van der Waals surface area contributed by atoms with Crippen LogP contribution in [-0.4, -0.2) is 70.8 Å². The van der Waals surface area contributed by atoms with E-state index in [2.05, 4.69) is 44.5 Å². The van der Waals surface area contributed by atoms with Gasteiger partial charge < -0.3 is 9.80 Å². The summed E-state index contributed by atoms with van der Waals surface area (Å²) < 4.78 is 46.0. The molecule has 0 radical (unpaired) electrons. The Hall–Kier alpha value is -2.69. The molecule has 2 fully saturated rings. The first-order chi connectivity index (χ1) is 17.2. The zero-order chi connectivity index (χ0) is 25.4. The van der Waals surface area contributed by atoms with E-state index in [4.69, 9.17) is 4.98 Å². The fourth-order valence-electron chi connectivity index (χ4n) is 5.63. The molecule has 0 bridgehead atoms. The van der Waals surface area contributed by atoms with Gasteiger partial charge in [-0.25, -0.2) is 4.98 Å². The quantitative estimate of drug-likeness (QED) is 0.503. The van der Waals surface area contributed by atoms with Crippen molar-refractivity contribution in [3.63, 3.8) is 0 Å². The van der Waals surface area contributed by atoms with E-state index >= 15 is 0 Å². The number of fused-ring (bicyclic) bond motifs is 1. The average Bonchev–Trinajstić information content (AvgIpc) is 3.22. The fraction of sp³-hybridized carbons (Fsp3) is 0.538. The van der Waals surface area contributed by atoms with Gasteiger partial charge in [0.25, 0.3) is 0 Å². The van der Waals surface area contributed by atoms with E-state index in [9.17, 15) is 13.2 Å². The Bertz CT molecular complexity index is 1200. The summed E-state index contributed by atoms with van der Waals surface area (Å²) in [6.07, 6.45) is -0.231. The van der Waals surface area contributed by atoms with Gasteiger partial charge in [-0.05, 0) is 64.0 Å². The van der Waals surface area contributed by atoms with Crippen LogP contribution in [0.4, 0.5) is 19.0 Å². The van der Waals surface area contributed by atoms with Crippen molar-refractivity contribution in [2.24, 2.45) is 0 Å². The number of anilines is 1. The SMILES string of the molecule is Cc1cccnc1[C@@H]1CCC[C@H](c2nc3cccc(N4CCN(C)CC4)n3c2COC(F)(F)F)N1C. The molecule has 2 aliphatic heterocycles. The molecule has 194 valence electrons. The maximum absolute atomic E-state index is 13.2. The number of rotatable bonds is 5. The maximum Gasteiger partial charge on any atom is 0.522 e. The number of aryl methyl sites for hydroxylation is 1. The van der Waals surface area contributed by atoms with Gasteiger partial charge in [-0.2, -0.15) is 0 Å². The van der Waals surface area contributed by atoms with Crippen LogP contribution < -0.4 is 4.90 Å². The van der Waals surface area contributed by atoms with Crippen molar-refractivity contribution in [2.75, 3.05) is 45.2 Å². The lowest BCUT2D eigenvalue weighted by atomic mass is 9.90. The molecule has 36 heavy (non-hydrogen) atoms. The van der Waals surface area contributed by atoms with Gasteiger partial charge >= 0.3 is 6.36 Å². The molecule has 7 nitrogen and oxygen atoms in total. The van der Waals surface area contributed by atoms with E-state index in [1.165, 1.54) is 0 Å². The number of likely N-dealkylation sites (tertiary alicyclic amines) is 1. The minimum Gasteiger partial charge on any atom is -0.355 e. The Morgan fingerprint density at radius 3 is 2.39 bits per heavy atom. The highest BCUT2D eigenvalue weighted by Crippen LogP contribution is 2.42. The van der Waals surface area contributed by atoms with Gasteiger partial charge in [-0.3, -0.25) is 19.0 Å². The number of piperidine rings is 1. The molecule has 0 aromatic carbocycles. The monoisotopic (exact) mass is 502 g/mol. The lowest BCUT2D eigenvalue weighted by Crippen LogP contribution is -2.45. The van der Waals surface area contributed by atoms with E-state index in [0.29, 0.717) is 17.0 Å². The number of imidazole rings is 1. The topological polar surface area (TPSA) is 49.1 Å². The van der Waals surface area contributed by atoms with Crippen molar-refractivity contribution >= 4 is 11.5 Å². The third kappa shape index (κ3) is 4.94. The molecule has 2 saturated heterocycles. The molecule has 3 aromatic heterocycles. The van der Waals surface area contributed by atoms with Crippen LogP contribution in [0.2, 0.25) is 0 Å². The summed E-state index contributed by atoms with van der Waals surface area (Å²) >= 11 is 0. The number of ether oxygens (including phenoxy) is 1. The molecule has 0 N–H and O–H groups in total. The minimum atomic E-state index is -4.73. The average molecular weight is 503 g/mol. The van der Waals surface area contributed by atoms with Crippen LogP contribution in [0.15, 0.2) is 36.5 Å². The molecule has 5 rings (SSSR count). The maximum atomic E-state index is 13.2. The van der Waals surface area contributed by atoms with Gasteiger partial charge in [0.2, 0.25) is 0 Å². The number of piperazine rings is 1. The third-order valence-corrected chi connectivity index (χ3v) is 7.57. The van der Waals surface area contributed by atoms with Crippen molar-refractivity contribution in [2.45, 2.75) is 51.2 Å². The normalized spacial score (nSPS) is 22.4. The number of nitrogens with zero attached hydrogens (tertiary/aromatic N) is 6. The molecule has 0 amide bonds. The number of hydrogen-bond acceptors (Lipinski definition) is 6.